The van der Waals surface area contributed by atoms with Crippen LogP contribution in [0.5, 0.6) is 0 Å². The van der Waals surface area contributed by atoms with Gasteiger partial charge in [0.25, 0.3) is 0 Å². The van der Waals surface area contributed by atoms with Crippen LogP contribution in [0.4, 0.5) is 0 Å². The van der Waals surface area contributed by atoms with E-state index in [2.05, 4.69) is 33.0 Å². The van der Waals surface area contributed by atoms with Crippen molar-refractivity contribution >= 4 is 0 Å². The Bertz CT molecular complexity index is 108. The molecular weight excluding hydrogens is 158 g/mol. The third-order valence-corrected chi connectivity index (χ3v) is 2.51. The van der Waals surface area contributed by atoms with Crippen LogP contribution in [0.25, 0.3) is 0 Å². The molecule has 1 nitrogen and oxygen atoms in total. The largest absolute Gasteiger partial charge is 0.312 e. The van der Waals surface area contributed by atoms with Crippen molar-refractivity contribution in [2.75, 3.05) is 6.54 Å². The number of unbranched alkanes of at least 4 members (excludes halogenated alkanes) is 4. The molecule has 0 heterocycles. The smallest absolute Gasteiger partial charge is 0.0125 e. The summed E-state index contributed by atoms with van der Waals surface area (Å²) in [5.74, 6) is 0. The van der Waals surface area contributed by atoms with Crippen molar-refractivity contribution < 1.29 is 0 Å². The van der Waals surface area contributed by atoms with Crippen molar-refractivity contribution in [1.82, 2.24) is 5.32 Å². The molecule has 1 N–H and O–H groups in total. The molecule has 0 saturated heterocycles. The number of hydrogen-bond acceptors (Lipinski definition) is 1. The van der Waals surface area contributed by atoms with Gasteiger partial charge in [0, 0.05) is 5.54 Å². The fraction of sp³-hybridized carbons (Fsp3) is 0.917. The zero-order valence-corrected chi connectivity index (χ0v) is 9.66. The fourth-order valence-electron chi connectivity index (χ4n) is 1.60. The van der Waals surface area contributed by atoms with Crippen molar-refractivity contribution in [1.29, 1.82) is 0 Å². The summed E-state index contributed by atoms with van der Waals surface area (Å²) in [6, 6.07) is 0. The van der Waals surface area contributed by atoms with E-state index in [1.165, 1.54) is 38.5 Å². The second-order valence-electron chi connectivity index (χ2n) is 4.47. The van der Waals surface area contributed by atoms with Crippen LogP contribution in [-0.2, 0) is 0 Å². The van der Waals surface area contributed by atoms with E-state index >= 15 is 0 Å². The molecule has 0 saturated carbocycles. The van der Waals surface area contributed by atoms with E-state index in [1.54, 1.807) is 0 Å². The summed E-state index contributed by atoms with van der Waals surface area (Å²) in [5, 5.41) is 3.40. The molecule has 1 radical (unpaired) electrons. The van der Waals surface area contributed by atoms with Crippen molar-refractivity contribution in [2.24, 2.45) is 0 Å². The molecule has 0 rings (SSSR count). The lowest BCUT2D eigenvalue weighted by Crippen LogP contribution is -2.38. The Labute approximate surface area is 84.3 Å². The average molecular weight is 184 g/mol. The minimum Gasteiger partial charge on any atom is -0.312 e. The van der Waals surface area contributed by atoms with E-state index in [4.69, 9.17) is 0 Å². The lowest BCUT2D eigenvalue weighted by atomic mass is 9.96. The van der Waals surface area contributed by atoms with E-state index in [0.29, 0.717) is 0 Å². The third kappa shape index (κ3) is 8.29. The van der Waals surface area contributed by atoms with Crippen molar-refractivity contribution in [3.05, 3.63) is 6.92 Å². The molecule has 0 spiro atoms. The van der Waals surface area contributed by atoms with Gasteiger partial charge in [0.1, 0.15) is 0 Å². The summed E-state index contributed by atoms with van der Waals surface area (Å²) in [5.41, 5.74) is 0.286. The molecular formula is C12H26N. The molecule has 0 aromatic carbocycles. The molecule has 0 fully saturated rings. The highest BCUT2D eigenvalue weighted by Crippen LogP contribution is 2.14. The monoisotopic (exact) mass is 184 g/mol. The standard InChI is InChI=1S/C12H26N/c1-5-7-8-9-10-11-12(3,4)13-6-2/h13H,2,5-11H2,1,3-4H3. The number of nitrogens with one attached hydrogen (secondary N) is 1. The van der Waals surface area contributed by atoms with Gasteiger partial charge < -0.3 is 5.32 Å². The summed E-state index contributed by atoms with van der Waals surface area (Å²) < 4.78 is 0. The van der Waals surface area contributed by atoms with Gasteiger partial charge in [-0.05, 0) is 33.7 Å². The molecule has 0 aliphatic heterocycles. The van der Waals surface area contributed by atoms with Gasteiger partial charge >= 0.3 is 0 Å². The normalized spacial score (nSPS) is 12.0. The highest BCUT2D eigenvalue weighted by atomic mass is 14.9. The molecule has 0 aliphatic rings. The summed E-state index contributed by atoms with van der Waals surface area (Å²) in [6.45, 7) is 11.4. The zero-order valence-electron chi connectivity index (χ0n) is 9.66. The third-order valence-electron chi connectivity index (χ3n) is 2.51. The van der Waals surface area contributed by atoms with E-state index < -0.39 is 0 Å². The SMILES string of the molecule is [CH2]CNC(C)(C)CCCCCCC. The predicted molar refractivity (Wildman–Crippen MR) is 60.8 cm³/mol. The Balaban J connectivity index is 3.29. The zero-order chi connectivity index (χ0) is 10.2. The Hall–Kier alpha value is -0.0400. The summed E-state index contributed by atoms with van der Waals surface area (Å²) in [4.78, 5) is 0. The second kappa shape index (κ2) is 7.37. The van der Waals surface area contributed by atoms with Crippen molar-refractivity contribution in [2.45, 2.75) is 64.8 Å². The molecule has 1 heteroatoms. The topological polar surface area (TPSA) is 12.0 Å². The van der Waals surface area contributed by atoms with Gasteiger partial charge in [-0.1, -0.05) is 39.0 Å². The van der Waals surface area contributed by atoms with Crippen LogP contribution >= 0.6 is 0 Å². The highest BCUT2D eigenvalue weighted by molar-refractivity contribution is 4.77. The lowest BCUT2D eigenvalue weighted by molar-refractivity contribution is 0.361. The van der Waals surface area contributed by atoms with Gasteiger partial charge in [-0.2, -0.15) is 0 Å². The number of rotatable bonds is 8. The molecule has 0 aromatic rings. The first kappa shape index (κ1) is 13.0. The van der Waals surface area contributed by atoms with E-state index in [0.717, 1.165) is 6.54 Å². The molecule has 0 atom stereocenters. The Morgan fingerprint density at radius 3 is 2.23 bits per heavy atom. The van der Waals surface area contributed by atoms with Crippen molar-refractivity contribution in [3.8, 4) is 0 Å². The van der Waals surface area contributed by atoms with Gasteiger partial charge in [0.15, 0.2) is 0 Å². The van der Waals surface area contributed by atoms with E-state index in [-0.39, 0.29) is 5.54 Å². The summed E-state index contributed by atoms with van der Waals surface area (Å²) >= 11 is 0. The highest BCUT2D eigenvalue weighted by Gasteiger charge is 2.14. The molecule has 0 unspecified atom stereocenters. The van der Waals surface area contributed by atoms with Gasteiger partial charge in [0.05, 0.1) is 0 Å². The van der Waals surface area contributed by atoms with Crippen molar-refractivity contribution in [3.63, 3.8) is 0 Å². The first-order valence-electron chi connectivity index (χ1n) is 5.66. The van der Waals surface area contributed by atoms with Gasteiger partial charge in [-0.3, -0.25) is 0 Å². The van der Waals surface area contributed by atoms with Gasteiger partial charge in [0.2, 0.25) is 0 Å². The molecule has 0 amide bonds. The van der Waals surface area contributed by atoms with Crippen LogP contribution in [0.3, 0.4) is 0 Å². The summed E-state index contributed by atoms with van der Waals surface area (Å²) in [7, 11) is 0. The number of hydrogen-bond donors (Lipinski definition) is 1. The first-order valence-corrected chi connectivity index (χ1v) is 5.66. The van der Waals surface area contributed by atoms with E-state index in [9.17, 15) is 0 Å². The lowest BCUT2D eigenvalue weighted by Gasteiger charge is -2.25. The summed E-state index contributed by atoms with van der Waals surface area (Å²) in [6.07, 6.45) is 8.13. The minimum absolute atomic E-state index is 0.286. The first-order chi connectivity index (χ1) is 6.12. The van der Waals surface area contributed by atoms with Crippen LogP contribution in [-0.4, -0.2) is 12.1 Å². The predicted octanol–water partition coefficient (Wildman–Crippen LogP) is 3.55. The average Bonchev–Trinajstić information content (AvgIpc) is 2.04. The van der Waals surface area contributed by atoms with Gasteiger partial charge in [-0.25, -0.2) is 0 Å². The van der Waals surface area contributed by atoms with Crippen LogP contribution in [0.15, 0.2) is 0 Å². The Morgan fingerprint density at radius 2 is 1.69 bits per heavy atom. The van der Waals surface area contributed by atoms with E-state index in [1.807, 2.05) is 0 Å². The molecule has 79 valence electrons. The Kier molecular flexibility index (Phi) is 7.35. The maximum absolute atomic E-state index is 3.82. The molecule has 13 heavy (non-hydrogen) atoms. The van der Waals surface area contributed by atoms with Crippen LogP contribution in [0, 0.1) is 6.92 Å². The van der Waals surface area contributed by atoms with Crippen LogP contribution < -0.4 is 5.32 Å². The van der Waals surface area contributed by atoms with Gasteiger partial charge in [-0.15, -0.1) is 0 Å². The fourth-order valence-corrected chi connectivity index (χ4v) is 1.60. The second-order valence-corrected chi connectivity index (χ2v) is 4.47. The molecule has 0 aliphatic carbocycles. The maximum atomic E-state index is 3.82. The van der Waals surface area contributed by atoms with Crippen LogP contribution in [0.2, 0.25) is 0 Å². The minimum atomic E-state index is 0.286. The molecule has 0 bridgehead atoms. The quantitative estimate of drug-likeness (QED) is 0.569. The Morgan fingerprint density at radius 1 is 1.08 bits per heavy atom. The van der Waals surface area contributed by atoms with Crippen LogP contribution in [0.1, 0.15) is 59.3 Å². The molecule has 0 aromatic heterocycles. The maximum Gasteiger partial charge on any atom is 0.0125 e.